The molecule has 0 saturated carbocycles. The number of carbonyl (C=O) groups excluding carboxylic acids is 1. The summed E-state index contributed by atoms with van der Waals surface area (Å²) in [5.41, 5.74) is 3.28. The summed E-state index contributed by atoms with van der Waals surface area (Å²) in [5.74, 6) is 0.587. The molecule has 0 aliphatic rings. The van der Waals surface area contributed by atoms with Gasteiger partial charge in [0.15, 0.2) is 5.75 Å². The van der Waals surface area contributed by atoms with Gasteiger partial charge < -0.3 is 15.0 Å². The monoisotopic (exact) mass is 445 g/mol. The van der Waals surface area contributed by atoms with Crippen LogP contribution in [0.25, 0.3) is 22.4 Å². The predicted octanol–water partition coefficient (Wildman–Crippen LogP) is 6.45. The lowest BCUT2D eigenvalue weighted by atomic mass is 10.1. The summed E-state index contributed by atoms with van der Waals surface area (Å²) in [6.45, 7) is 0. The molecule has 29 heavy (non-hydrogen) atoms. The second-order valence-corrected chi connectivity index (χ2v) is 7.45. The smallest absolute Gasteiger partial charge is 0.255 e. The zero-order valence-electron chi connectivity index (χ0n) is 15.1. The number of methoxy groups -OCH3 is 1. The number of imidazole rings is 1. The Kier molecular flexibility index (Phi) is 5.37. The molecule has 0 bridgehead atoms. The molecule has 0 fully saturated rings. The highest BCUT2D eigenvalue weighted by Gasteiger charge is 2.16. The minimum absolute atomic E-state index is 0.243. The molecule has 4 rings (SSSR count). The molecule has 0 radical (unpaired) electrons. The number of amides is 1. The van der Waals surface area contributed by atoms with Gasteiger partial charge in [-0.05, 0) is 42.5 Å². The predicted molar refractivity (Wildman–Crippen MR) is 118 cm³/mol. The Hall–Kier alpha value is -2.73. The van der Waals surface area contributed by atoms with Gasteiger partial charge in [-0.15, -0.1) is 0 Å². The molecule has 0 aliphatic heterocycles. The second-order valence-electron chi connectivity index (χ2n) is 6.22. The van der Waals surface area contributed by atoms with Crippen molar-refractivity contribution >= 4 is 57.4 Å². The maximum absolute atomic E-state index is 12.7. The number of aromatic amines is 1. The number of carbonyl (C=O) groups is 1. The highest BCUT2D eigenvalue weighted by atomic mass is 35.5. The normalized spacial score (nSPS) is 10.9. The molecular formula is C21H14Cl3N3O2. The van der Waals surface area contributed by atoms with Crippen LogP contribution in [-0.4, -0.2) is 23.0 Å². The summed E-state index contributed by atoms with van der Waals surface area (Å²) in [5, 5.41) is 3.67. The van der Waals surface area contributed by atoms with Gasteiger partial charge in [-0.25, -0.2) is 4.98 Å². The summed E-state index contributed by atoms with van der Waals surface area (Å²) in [6, 6.07) is 16.0. The molecule has 0 atom stereocenters. The van der Waals surface area contributed by atoms with Gasteiger partial charge in [-0.1, -0.05) is 46.9 Å². The molecule has 1 amide bonds. The van der Waals surface area contributed by atoms with Crippen molar-refractivity contribution < 1.29 is 9.53 Å². The van der Waals surface area contributed by atoms with Crippen molar-refractivity contribution in [2.24, 2.45) is 0 Å². The molecule has 146 valence electrons. The molecule has 1 heterocycles. The second kappa shape index (κ2) is 7.95. The highest BCUT2D eigenvalue weighted by Crippen LogP contribution is 2.34. The van der Waals surface area contributed by atoms with Gasteiger partial charge in [-0.3, -0.25) is 4.79 Å². The number of aromatic nitrogens is 2. The fraction of sp³-hybridized carbons (Fsp3) is 0.0476. The standard InChI is InChI=1S/C21H14Cl3N3O2/c1-29-19-14(23)8-12(9-15(19)24)21(28)27-18-10-11(6-7-13(18)22)20-25-16-4-2-3-5-17(16)26-20/h2-10H,1H3,(H,25,26)(H,27,28). The number of benzene rings is 3. The van der Waals surface area contributed by atoms with Crippen LogP contribution in [0.5, 0.6) is 5.75 Å². The number of H-pyrrole nitrogens is 1. The summed E-state index contributed by atoms with van der Waals surface area (Å²) in [4.78, 5) is 20.5. The molecule has 0 aliphatic carbocycles. The fourth-order valence-electron chi connectivity index (χ4n) is 2.94. The molecule has 8 heteroatoms. The Balaban J connectivity index is 1.65. The molecule has 4 aromatic rings. The van der Waals surface area contributed by atoms with Gasteiger partial charge in [0.25, 0.3) is 5.91 Å². The first-order chi connectivity index (χ1) is 14.0. The number of hydrogen-bond acceptors (Lipinski definition) is 3. The van der Waals surface area contributed by atoms with Crippen molar-refractivity contribution in [3.05, 3.63) is 75.2 Å². The van der Waals surface area contributed by atoms with E-state index < -0.39 is 5.91 Å². The first-order valence-corrected chi connectivity index (χ1v) is 9.68. The SMILES string of the molecule is COc1c(Cl)cc(C(=O)Nc2cc(-c3nc4ccccc4[nH]3)ccc2Cl)cc1Cl. The topological polar surface area (TPSA) is 67.0 Å². The number of para-hydroxylation sites is 2. The van der Waals surface area contributed by atoms with Gasteiger partial charge in [0.1, 0.15) is 5.82 Å². The third-order valence-corrected chi connectivity index (χ3v) is 5.23. The number of rotatable bonds is 4. The lowest BCUT2D eigenvalue weighted by molar-refractivity contribution is 0.102. The van der Waals surface area contributed by atoms with Crippen LogP contribution >= 0.6 is 34.8 Å². The van der Waals surface area contributed by atoms with Crippen LogP contribution in [0.3, 0.4) is 0 Å². The average molecular weight is 447 g/mol. The van der Waals surface area contributed by atoms with E-state index >= 15 is 0 Å². The van der Waals surface area contributed by atoms with Crippen LogP contribution in [0.15, 0.2) is 54.6 Å². The van der Waals surface area contributed by atoms with Gasteiger partial charge in [0, 0.05) is 11.1 Å². The van der Waals surface area contributed by atoms with E-state index in [1.807, 2.05) is 30.3 Å². The number of ether oxygens (including phenoxy) is 1. The fourth-order valence-corrected chi connectivity index (χ4v) is 3.74. The van der Waals surface area contributed by atoms with E-state index in [9.17, 15) is 4.79 Å². The van der Waals surface area contributed by atoms with Crippen molar-refractivity contribution in [3.63, 3.8) is 0 Å². The van der Waals surface area contributed by atoms with Crippen LogP contribution < -0.4 is 10.1 Å². The summed E-state index contributed by atoms with van der Waals surface area (Å²) >= 11 is 18.5. The Bertz CT molecular complexity index is 1180. The van der Waals surface area contributed by atoms with Crippen LogP contribution in [0, 0.1) is 0 Å². The molecular weight excluding hydrogens is 433 g/mol. The molecule has 2 N–H and O–H groups in total. The third-order valence-electron chi connectivity index (χ3n) is 4.34. The van der Waals surface area contributed by atoms with Crippen LogP contribution in [0.2, 0.25) is 15.1 Å². The quantitative estimate of drug-likeness (QED) is 0.378. The van der Waals surface area contributed by atoms with Gasteiger partial charge in [-0.2, -0.15) is 0 Å². The first kappa shape index (κ1) is 19.6. The van der Waals surface area contributed by atoms with E-state index in [1.165, 1.54) is 19.2 Å². The van der Waals surface area contributed by atoms with Gasteiger partial charge >= 0.3 is 0 Å². The maximum atomic E-state index is 12.7. The number of nitrogens with zero attached hydrogens (tertiary/aromatic N) is 1. The van der Waals surface area contributed by atoms with Crippen LogP contribution in [0.4, 0.5) is 5.69 Å². The van der Waals surface area contributed by atoms with Crippen LogP contribution in [-0.2, 0) is 0 Å². The highest BCUT2D eigenvalue weighted by molar-refractivity contribution is 6.38. The van der Waals surface area contributed by atoms with E-state index in [-0.39, 0.29) is 15.6 Å². The Labute approximate surface area is 181 Å². The largest absolute Gasteiger partial charge is 0.494 e. The third kappa shape index (κ3) is 3.90. The number of halogens is 3. The molecule has 0 saturated heterocycles. The van der Waals surface area contributed by atoms with Crippen LogP contribution in [0.1, 0.15) is 10.4 Å². The Morgan fingerprint density at radius 1 is 1.00 bits per heavy atom. The first-order valence-electron chi connectivity index (χ1n) is 8.55. The van der Waals surface area contributed by atoms with Crippen molar-refractivity contribution in [3.8, 4) is 17.1 Å². The number of hydrogen-bond donors (Lipinski definition) is 2. The van der Waals surface area contributed by atoms with Crippen molar-refractivity contribution in [1.29, 1.82) is 0 Å². The van der Waals surface area contributed by atoms with Crippen molar-refractivity contribution in [2.75, 3.05) is 12.4 Å². The van der Waals surface area contributed by atoms with Crippen molar-refractivity contribution in [2.45, 2.75) is 0 Å². The zero-order valence-corrected chi connectivity index (χ0v) is 17.4. The van der Waals surface area contributed by atoms with Gasteiger partial charge in [0.2, 0.25) is 0 Å². The summed E-state index contributed by atoms with van der Waals surface area (Å²) < 4.78 is 5.11. The van der Waals surface area contributed by atoms with Crippen molar-refractivity contribution in [1.82, 2.24) is 9.97 Å². The molecule has 0 spiro atoms. The lowest BCUT2D eigenvalue weighted by Gasteiger charge is -2.11. The molecule has 0 unspecified atom stereocenters. The van der Waals surface area contributed by atoms with E-state index in [1.54, 1.807) is 12.1 Å². The summed E-state index contributed by atoms with van der Waals surface area (Å²) in [7, 11) is 1.45. The minimum atomic E-state index is -0.403. The van der Waals surface area contributed by atoms with E-state index in [0.29, 0.717) is 22.3 Å². The van der Waals surface area contributed by atoms with E-state index in [2.05, 4.69) is 15.3 Å². The zero-order chi connectivity index (χ0) is 20.5. The minimum Gasteiger partial charge on any atom is -0.494 e. The molecule has 1 aromatic heterocycles. The average Bonchev–Trinajstić information content (AvgIpc) is 3.13. The Morgan fingerprint density at radius 3 is 2.41 bits per heavy atom. The number of fused-ring (bicyclic) bond motifs is 1. The number of anilines is 1. The maximum Gasteiger partial charge on any atom is 0.255 e. The summed E-state index contributed by atoms with van der Waals surface area (Å²) in [6.07, 6.45) is 0. The van der Waals surface area contributed by atoms with Gasteiger partial charge in [0.05, 0.1) is 38.9 Å². The lowest BCUT2D eigenvalue weighted by Crippen LogP contribution is -2.12. The molecule has 3 aromatic carbocycles. The van der Waals surface area contributed by atoms with E-state index in [4.69, 9.17) is 39.5 Å². The Morgan fingerprint density at radius 2 is 1.72 bits per heavy atom. The van der Waals surface area contributed by atoms with E-state index in [0.717, 1.165) is 16.6 Å². The number of nitrogens with one attached hydrogen (secondary N) is 2. The molecule has 5 nitrogen and oxygen atoms in total.